The predicted molar refractivity (Wildman–Crippen MR) is 77.7 cm³/mol. The Bertz CT molecular complexity index is 408. The van der Waals surface area contributed by atoms with Crippen LogP contribution in [-0.4, -0.2) is 37.0 Å². The molecule has 1 amide bonds. The van der Waals surface area contributed by atoms with Crippen molar-refractivity contribution in [1.82, 2.24) is 4.90 Å². The van der Waals surface area contributed by atoms with Gasteiger partial charge in [-0.1, -0.05) is 12.1 Å². The van der Waals surface area contributed by atoms with Gasteiger partial charge in [0.15, 0.2) is 0 Å². The third kappa shape index (κ3) is 4.40. The summed E-state index contributed by atoms with van der Waals surface area (Å²) in [7, 11) is 1.63. The maximum absolute atomic E-state index is 12.1. The summed E-state index contributed by atoms with van der Waals surface area (Å²) in [6.45, 7) is 1.53. The summed E-state index contributed by atoms with van der Waals surface area (Å²) in [5, 5.41) is 0. The molecule has 0 saturated carbocycles. The highest BCUT2D eigenvalue weighted by Gasteiger charge is 2.21. The van der Waals surface area contributed by atoms with Crippen molar-refractivity contribution in [3.63, 3.8) is 0 Å². The molecule has 1 fully saturated rings. The normalized spacial score (nSPS) is 18.6. The smallest absolute Gasteiger partial charge is 0.227 e. The predicted octanol–water partition coefficient (Wildman–Crippen LogP) is 1.61. The summed E-state index contributed by atoms with van der Waals surface area (Å²) in [6.07, 6.45) is 2.47. The van der Waals surface area contributed by atoms with E-state index >= 15 is 0 Å². The number of ether oxygens (including phenoxy) is 1. The summed E-state index contributed by atoms with van der Waals surface area (Å²) >= 11 is 0. The SMILES string of the molecule is COc1ccc(CC(=O)N2CCCC(N)C2)cc1.Cl. The van der Waals surface area contributed by atoms with Gasteiger partial charge in [-0.25, -0.2) is 0 Å². The van der Waals surface area contributed by atoms with Crippen LogP contribution in [0.5, 0.6) is 5.75 Å². The number of rotatable bonds is 3. The molecule has 19 heavy (non-hydrogen) atoms. The van der Waals surface area contributed by atoms with Gasteiger partial charge >= 0.3 is 0 Å². The van der Waals surface area contributed by atoms with E-state index in [1.165, 1.54) is 0 Å². The molecule has 0 spiro atoms. The Morgan fingerprint density at radius 1 is 1.42 bits per heavy atom. The Hall–Kier alpha value is -1.26. The summed E-state index contributed by atoms with van der Waals surface area (Å²) in [4.78, 5) is 14.0. The van der Waals surface area contributed by atoms with Gasteiger partial charge in [0.1, 0.15) is 5.75 Å². The lowest BCUT2D eigenvalue weighted by Gasteiger charge is -2.30. The second-order valence-electron chi connectivity index (χ2n) is 4.77. The first-order valence-corrected chi connectivity index (χ1v) is 6.35. The Kier molecular flexibility index (Phi) is 6.12. The third-order valence-corrected chi connectivity index (χ3v) is 3.32. The van der Waals surface area contributed by atoms with E-state index in [9.17, 15) is 4.79 Å². The molecule has 1 aromatic carbocycles. The summed E-state index contributed by atoms with van der Waals surface area (Å²) in [5.74, 6) is 0.974. The largest absolute Gasteiger partial charge is 0.497 e. The molecule has 1 aromatic rings. The van der Waals surface area contributed by atoms with Crippen molar-refractivity contribution in [3.8, 4) is 5.75 Å². The number of hydrogen-bond acceptors (Lipinski definition) is 3. The van der Waals surface area contributed by atoms with E-state index in [-0.39, 0.29) is 24.4 Å². The molecule has 1 aliphatic rings. The Balaban J connectivity index is 0.00000180. The van der Waals surface area contributed by atoms with Gasteiger partial charge in [0, 0.05) is 19.1 Å². The van der Waals surface area contributed by atoms with E-state index in [0.29, 0.717) is 13.0 Å². The van der Waals surface area contributed by atoms with Crippen LogP contribution in [-0.2, 0) is 11.2 Å². The van der Waals surface area contributed by atoms with Gasteiger partial charge in [0.05, 0.1) is 13.5 Å². The van der Waals surface area contributed by atoms with E-state index in [1.54, 1.807) is 7.11 Å². The molecule has 5 heteroatoms. The van der Waals surface area contributed by atoms with Crippen molar-refractivity contribution in [2.45, 2.75) is 25.3 Å². The van der Waals surface area contributed by atoms with Crippen molar-refractivity contribution in [1.29, 1.82) is 0 Å². The Morgan fingerprint density at radius 2 is 2.11 bits per heavy atom. The van der Waals surface area contributed by atoms with E-state index < -0.39 is 0 Å². The van der Waals surface area contributed by atoms with Crippen LogP contribution in [0, 0.1) is 0 Å². The zero-order valence-electron chi connectivity index (χ0n) is 11.2. The summed E-state index contributed by atoms with van der Waals surface area (Å²) in [6, 6.07) is 7.76. The highest BCUT2D eigenvalue weighted by molar-refractivity contribution is 5.85. The number of hydrogen-bond donors (Lipinski definition) is 1. The number of methoxy groups -OCH3 is 1. The number of carbonyl (C=O) groups excluding carboxylic acids is 1. The first-order valence-electron chi connectivity index (χ1n) is 6.35. The first-order chi connectivity index (χ1) is 8.69. The summed E-state index contributed by atoms with van der Waals surface area (Å²) in [5.41, 5.74) is 6.90. The molecule has 1 saturated heterocycles. The van der Waals surface area contributed by atoms with E-state index in [1.807, 2.05) is 29.2 Å². The minimum atomic E-state index is 0. The Morgan fingerprint density at radius 3 is 2.68 bits per heavy atom. The standard InChI is InChI=1S/C14H20N2O2.ClH/c1-18-13-6-4-11(5-7-13)9-14(17)16-8-2-3-12(15)10-16;/h4-7,12H,2-3,8-10,15H2,1H3;1H. The van der Waals surface area contributed by atoms with Crippen LogP contribution in [0.3, 0.4) is 0 Å². The Labute approximate surface area is 120 Å². The van der Waals surface area contributed by atoms with Crippen molar-refractivity contribution in [2.75, 3.05) is 20.2 Å². The molecule has 4 nitrogen and oxygen atoms in total. The highest BCUT2D eigenvalue weighted by atomic mass is 35.5. The molecule has 0 aliphatic carbocycles. The third-order valence-electron chi connectivity index (χ3n) is 3.32. The number of carbonyl (C=O) groups is 1. The fraction of sp³-hybridized carbons (Fsp3) is 0.500. The van der Waals surface area contributed by atoms with Gasteiger partial charge in [-0.3, -0.25) is 4.79 Å². The number of nitrogens with two attached hydrogens (primary N) is 1. The lowest BCUT2D eigenvalue weighted by Crippen LogP contribution is -2.46. The number of benzene rings is 1. The number of nitrogens with zero attached hydrogens (tertiary/aromatic N) is 1. The molecule has 1 heterocycles. The fourth-order valence-electron chi connectivity index (χ4n) is 2.27. The van der Waals surface area contributed by atoms with Crippen LogP contribution >= 0.6 is 12.4 Å². The molecule has 0 bridgehead atoms. The molecule has 2 N–H and O–H groups in total. The lowest BCUT2D eigenvalue weighted by atomic mass is 10.1. The van der Waals surface area contributed by atoms with Crippen molar-refractivity contribution < 1.29 is 9.53 Å². The molecule has 106 valence electrons. The molecule has 0 radical (unpaired) electrons. The number of amides is 1. The average molecular weight is 285 g/mol. The van der Waals surface area contributed by atoms with Gasteiger partial charge in [0.2, 0.25) is 5.91 Å². The van der Waals surface area contributed by atoms with Gasteiger partial charge in [-0.05, 0) is 30.5 Å². The second-order valence-corrected chi connectivity index (χ2v) is 4.77. The van der Waals surface area contributed by atoms with E-state index in [4.69, 9.17) is 10.5 Å². The first kappa shape index (κ1) is 15.8. The minimum absolute atomic E-state index is 0. The minimum Gasteiger partial charge on any atom is -0.497 e. The average Bonchev–Trinajstić information content (AvgIpc) is 2.39. The molecule has 1 atom stereocenters. The second kappa shape index (κ2) is 7.36. The van der Waals surface area contributed by atoms with Gasteiger partial charge in [0.25, 0.3) is 0 Å². The molecular weight excluding hydrogens is 264 g/mol. The van der Waals surface area contributed by atoms with Gasteiger partial charge in [-0.15, -0.1) is 12.4 Å². The van der Waals surface area contributed by atoms with Crippen LogP contribution in [0.4, 0.5) is 0 Å². The van der Waals surface area contributed by atoms with Gasteiger partial charge in [-0.2, -0.15) is 0 Å². The zero-order valence-corrected chi connectivity index (χ0v) is 12.0. The van der Waals surface area contributed by atoms with Crippen molar-refractivity contribution in [3.05, 3.63) is 29.8 Å². The lowest BCUT2D eigenvalue weighted by molar-refractivity contribution is -0.131. The maximum atomic E-state index is 12.1. The summed E-state index contributed by atoms with van der Waals surface area (Å²) < 4.78 is 5.09. The van der Waals surface area contributed by atoms with Crippen LogP contribution in [0.2, 0.25) is 0 Å². The van der Waals surface area contributed by atoms with Gasteiger partial charge < -0.3 is 15.4 Å². The van der Waals surface area contributed by atoms with E-state index in [0.717, 1.165) is 30.7 Å². The monoisotopic (exact) mass is 284 g/mol. The molecule has 1 unspecified atom stereocenters. The van der Waals surface area contributed by atoms with Crippen LogP contribution < -0.4 is 10.5 Å². The van der Waals surface area contributed by atoms with Crippen LogP contribution in [0.1, 0.15) is 18.4 Å². The fourth-order valence-corrected chi connectivity index (χ4v) is 2.27. The zero-order chi connectivity index (χ0) is 13.0. The number of likely N-dealkylation sites (tertiary alicyclic amines) is 1. The molecule has 0 aromatic heterocycles. The van der Waals surface area contributed by atoms with Crippen molar-refractivity contribution >= 4 is 18.3 Å². The maximum Gasteiger partial charge on any atom is 0.227 e. The molecular formula is C14H21ClN2O2. The van der Waals surface area contributed by atoms with Crippen molar-refractivity contribution in [2.24, 2.45) is 5.73 Å². The topological polar surface area (TPSA) is 55.6 Å². The molecule has 2 rings (SSSR count). The van der Waals surface area contributed by atoms with Crippen LogP contribution in [0.15, 0.2) is 24.3 Å². The van der Waals surface area contributed by atoms with Crippen LogP contribution in [0.25, 0.3) is 0 Å². The highest BCUT2D eigenvalue weighted by Crippen LogP contribution is 2.14. The number of halogens is 1. The quantitative estimate of drug-likeness (QED) is 0.917. The molecule has 1 aliphatic heterocycles. The number of piperidine rings is 1. The van der Waals surface area contributed by atoms with E-state index in [2.05, 4.69) is 0 Å².